The lowest BCUT2D eigenvalue weighted by Gasteiger charge is -2.37. The number of pyridine rings is 1. The van der Waals surface area contributed by atoms with Gasteiger partial charge in [-0.2, -0.15) is 13.2 Å². The molecule has 0 unspecified atom stereocenters. The summed E-state index contributed by atoms with van der Waals surface area (Å²) in [5.41, 5.74) is 0.323. The maximum Gasteiger partial charge on any atom is 0.449 e. The van der Waals surface area contributed by atoms with Crippen molar-refractivity contribution in [3.8, 4) is 0 Å². The van der Waals surface area contributed by atoms with Gasteiger partial charge < -0.3 is 9.52 Å². The summed E-state index contributed by atoms with van der Waals surface area (Å²) >= 11 is 0. The molecule has 2 aromatic heterocycles. The zero-order valence-corrected chi connectivity index (χ0v) is 15.6. The van der Waals surface area contributed by atoms with Crippen LogP contribution in [-0.2, 0) is 18.1 Å². The van der Waals surface area contributed by atoms with Crippen molar-refractivity contribution in [1.29, 1.82) is 0 Å². The van der Waals surface area contributed by atoms with Gasteiger partial charge in [0.05, 0.1) is 11.2 Å². The summed E-state index contributed by atoms with van der Waals surface area (Å²) in [4.78, 5) is 6.75. The van der Waals surface area contributed by atoms with Crippen LogP contribution >= 0.6 is 0 Å². The van der Waals surface area contributed by atoms with Crippen molar-refractivity contribution in [3.05, 3.63) is 53.7 Å². The van der Waals surface area contributed by atoms with Crippen LogP contribution in [-0.4, -0.2) is 34.7 Å². The van der Waals surface area contributed by atoms with Gasteiger partial charge in [-0.15, -0.1) is 0 Å². The van der Waals surface area contributed by atoms with Crippen LogP contribution in [0.4, 0.5) is 13.2 Å². The fourth-order valence-electron chi connectivity index (χ4n) is 3.76. The van der Waals surface area contributed by atoms with Gasteiger partial charge in [0.25, 0.3) is 0 Å². The molecule has 7 heteroatoms. The van der Waals surface area contributed by atoms with Crippen molar-refractivity contribution >= 4 is 0 Å². The zero-order chi connectivity index (χ0) is 19.7. The molecule has 3 rings (SSSR count). The number of nitrogens with zero attached hydrogens (tertiary/aromatic N) is 2. The largest absolute Gasteiger partial charge is 0.457 e. The van der Waals surface area contributed by atoms with Crippen LogP contribution in [0.2, 0.25) is 0 Å². The Morgan fingerprint density at radius 2 is 2.00 bits per heavy atom. The highest BCUT2D eigenvalue weighted by Crippen LogP contribution is 2.41. The summed E-state index contributed by atoms with van der Waals surface area (Å²) < 4.78 is 43.0. The number of hydrogen-bond acceptors (Lipinski definition) is 4. The molecular weight excluding hydrogens is 357 g/mol. The number of hydrogen-bond donors (Lipinski definition) is 1. The number of rotatable bonds is 6. The van der Waals surface area contributed by atoms with E-state index in [2.05, 4.69) is 23.7 Å². The van der Waals surface area contributed by atoms with Crippen molar-refractivity contribution in [2.75, 3.05) is 19.7 Å². The Morgan fingerprint density at radius 1 is 1.22 bits per heavy atom. The first-order valence-electron chi connectivity index (χ1n) is 9.10. The normalized spacial score (nSPS) is 21.7. The van der Waals surface area contributed by atoms with E-state index in [1.807, 2.05) is 18.2 Å². The maximum absolute atomic E-state index is 12.7. The molecule has 0 aromatic carbocycles. The van der Waals surface area contributed by atoms with E-state index in [1.165, 1.54) is 6.07 Å². The molecule has 0 bridgehead atoms. The summed E-state index contributed by atoms with van der Waals surface area (Å²) in [6.07, 6.45) is -0.977. The second-order valence-electron chi connectivity index (χ2n) is 7.87. The maximum atomic E-state index is 12.7. The third-order valence-electron chi connectivity index (χ3n) is 5.70. The first-order valence-corrected chi connectivity index (χ1v) is 9.10. The molecule has 2 aromatic rings. The van der Waals surface area contributed by atoms with Crippen molar-refractivity contribution in [1.82, 2.24) is 9.88 Å². The van der Waals surface area contributed by atoms with Gasteiger partial charge in [-0.25, -0.2) is 0 Å². The second-order valence-corrected chi connectivity index (χ2v) is 7.87. The molecule has 1 fully saturated rings. The molecule has 1 saturated heterocycles. The first-order chi connectivity index (χ1) is 12.7. The number of aliphatic hydroxyl groups excluding tert-OH is 1. The van der Waals surface area contributed by atoms with Crippen molar-refractivity contribution in [2.24, 2.45) is 5.41 Å². The lowest BCUT2D eigenvalue weighted by molar-refractivity contribution is -0.153. The molecule has 0 amide bonds. The molecule has 0 saturated carbocycles. The third-order valence-corrected chi connectivity index (χ3v) is 5.70. The molecule has 1 aliphatic heterocycles. The fraction of sp³-hybridized carbons (Fsp3) is 0.550. The van der Waals surface area contributed by atoms with Crippen LogP contribution in [0.3, 0.4) is 0 Å². The number of furan rings is 1. The van der Waals surface area contributed by atoms with Crippen LogP contribution in [0, 0.1) is 5.41 Å². The van der Waals surface area contributed by atoms with Crippen LogP contribution in [0.15, 0.2) is 40.9 Å². The smallest absolute Gasteiger partial charge is 0.449 e. The molecule has 27 heavy (non-hydrogen) atoms. The van der Waals surface area contributed by atoms with Crippen molar-refractivity contribution < 1.29 is 22.7 Å². The summed E-state index contributed by atoms with van der Waals surface area (Å²) in [7, 11) is 0. The van der Waals surface area contributed by atoms with Gasteiger partial charge in [-0.3, -0.25) is 9.88 Å². The Labute approximate surface area is 157 Å². The number of likely N-dealkylation sites (tertiary alicyclic amines) is 1. The minimum Gasteiger partial charge on any atom is -0.457 e. The van der Waals surface area contributed by atoms with Gasteiger partial charge in [0.1, 0.15) is 5.76 Å². The van der Waals surface area contributed by atoms with Crippen molar-refractivity contribution in [2.45, 2.75) is 44.8 Å². The molecule has 0 aliphatic carbocycles. The Bertz CT molecular complexity index is 758. The SMILES string of the molecule is CC(C)(c1ccccn1)N1CC[C@](CO)(CCc2ccc(C(F)(F)F)o2)C1. The lowest BCUT2D eigenvalue weighted by atomic mass is 9.82. The summed E-state index contributed by atoms with van der Waals surface area (Å²) in [5, 5.41) is 10.0. The van der Waals surface area contributed by atoms with Gasteiger partial charge in [-0.1, -0.05) is 6.07 Å². The molecule has 148 valence electrons. The highest BCUT2D eigenvalue weighted by Gasteiger charge is 2.43. The topological polar surface area (TPSA) is 49.5 Å². The Balaban J connectivity index is 1.67. The molecule has 1 atom stereocenters. The van der Waals surface area contributed by atoms with E-state index in [0.29, 0.717) is 25.1 Å². The van der Waals surface area contributed by atoms with Gasteiger partial charge in [0, 0.05) is 31.2 Å². The van der Waals surface area contributed by atoms with Crippen LogP contribution in [0.5, 0.6) is 0 Å². The van der Waals surface area contributed by atoms with E-state index in [9.17, 15) is 18.3 Å². The number of aromatic nitrogens is 1. The first kappa shape index (κ1) is 19.9. The predicted molar refractivity (Wildman–Crippen MR) is 95.0 cm³/mol. The highest BCUT2D eigenvalue weighted by molar-refractivity contribution is 5.15. The average molecular weight is 382 g/mol. The van der Waals surface area contributed by atoms with Crippen LogP contribution in [0.1, 0.15) is 43.9 Å². The highest BCUT2D eigenvalue weighted by atomic mass is 19.4. The van der Waals surface area contributed by atoms with E-state index >= 15 is 0 Å². The summed E-state index contributed by atoms with van der Waals surface area (Å²) in [6, 6.07) is 8.15. The van der Waals surface area contributed by atoms with Gasteiger partial charge in [0.2, 0.25) is 5.76 Å². The minimum absolute atomic E-state index is 0.00532. The summed E-state index contributed by atoms with van der Waals surface area (Å²) in [5.74, 6) is -0.669. The van der Waals surface area contributed by atoms with E-state index in [4.69, 9.17) is 4.42 Å². The van der Waals surface area contributed by atoms with Gasteiger partial charge in [0.15, 0.2) is 0 Å². The number of aliphatic hydroxyl groups is 1. The van der Waals surface area contributed by atoms with E-state index in [-0.39, 0.29) is 17.6 Å². The van der Waals surface area contributed by atoms with Crippen LogP contribution in [0.25, 0.3) is 0 Å². The number of halogens is 3. The molecule has 1 aliphatic rings. The van der Waals surface area contributed by atoms with E-state index in [0.717, 1.165) is 24.7 Å². The third kappa shape index (κ3) is 4.19. The molecule has 0 spiro atoms. The Kier molecular flexibility index (Phi) is 5.36. The van der Waals surface area contributed by atoms with Crippen LogP contribution < -0.4 is 0 Å². The lowest BCUT2D eigenvalue weighted by Crippen LogP contribution is -2.42. The second kappa shape index (κ2) is 7.28. The number of alkyl halides is 3. The zero-order valence-electron chi connectivity index (χ0n) is 15.6. The Morgan fingerprint density at radius 3 is 2.59 bits per heavy atom. The molecule has 4 nitrogen and oxygen atoms in total. The van der Waals surface area contributed by atoms with E-state index < -0.39 is 11.9 Å². The predicted octanol–water partition coefficient (Wildman–Crippen LogP) is 4.25. The number of aryl methyl sites for hydroxylation is 1. The summed E-state index contributed by atoms with van der Waals surface area (Å²) in [6.45, 7) is 5.67. The minimum atomic E-state index is -4.47. The molecule has 0 radical (unpaired) electrons. The van der Waals surface area contributed by atoms with Gasteiger partial charge in [-0.05, 0) is 57.5 Å². The Hall–Kier alpha value is -1.86. The average Bonchev–Trinajstić information content (AvgIpc) is 3.29. The molecule has 3 heterocycles. The quantitative estimate of drug-likeness (QED) is 0.812. The molecule has 1 N–H and O–H groups in total. The fourth-order valence-corrected chi connectivity index (χ4v) is 3.76. The van der Waals surface area contributed by atoms with E-state index in [1.54, 1.807) is 6.20 Å². The standard InChI is InChI=1S/C20H25F3N2O2/c1-18(2,16-5-3-4-11-24-16)25-12-10-19(13-25,14-26)9-8-15-6-7-17(27-15)20(21,22)23/h3-7,11,26H,8-10,12-14H2,1-2H3/t19-/m1/s1. The van der Waals surface area contributed by atoms with Gasteiger partial charge >= 0.3 is 6.18 Å². The molecular formula is C20H25F3N2O2. The monoisotopic (exact) mass is 382 g/mol. The van der Waals surface area contributed by atoms with Crippen molar-refractivity contribution in [3.63, 3.8) is 0 Å².